The van der Waals surface area contributed by atoms with Gasteiger partial charge in [0, 0.05) is 19.2 Å². The zero-order valence-corrected chi connectivity index (χ0v) is 8.80. The predicted octanol–water partition coefficient (Wildman–Crippen LogP) is 1.60. The van der Waals surface area contributed by atoms with E-state index >= 15 is 0 Å². The van der Waals surface area contributed by atoms with E-state index in [9.17, 15) is 10.1 Å². The SMILES string of the molecule is C#Cc1cc([N+](=O)[O-])ccc1OCCOC. The molecule has 0 heterocycles. The van der Waals surface area contributed by atoms with E-state index in [2.05, 4.69) is 5.92 Å². The van der Waals surface area contributed by atoms with Gasteiger partial charge in [-0.2, -0.15) is 0 Å². The fraction of sp³-hybridized carbons (Fsp3) is 0.273. The minimum Gasteiger partial charge on any atom is -0.490 e. The maximum absolute atomic E-state index is 10.5. The normalized spacial score (nSPS) is 9.50. The molecule has 0 radical (unpaired) electrons. The molecule has 0 aliphatic rings. The van der Waals surface area contributed by atoms with Crippen LogP contribution in [0.5, 0.6) is 5.75 Å². The van der Waals surface area contributed by atoms with Gasteiger partial charge in [0.05, 0.1) is 17.1 Å². The van der Waals surface area contributed by atoms with Crippen molar-refractivity contribution in [2.24, 2.45) is 0 Å². The van der Waals surface area contributed by atoms with Gasteiger partial charge in [0.2, 0.25) is 0 Å². The van der Waals surface area contributed by atoms with Crippen LogP contribution in [0.3, 0.4) is 0 Å². The number of terminal acetylenes is 1. The van der Waals surface area contributed by atoms with Crippen molar-refractivity contribution in [3.63, 3.8) is 0 Å². The molecule has 0 fully saturated rings. The molecular weight excluding hydrogens is 210 g/mol. The average molecular weight is 221 g/mol. The summed E-state index contributed by atoms with van der Waals surface area (Å²) < 4.78 is 10.1. The first-order chi connectivity index (χ1) is 7.69. The van der Waals surface area contributed by atoms with Crippen LogP contribution in [0, 0.1) is 22.5 Å². The van der Waals surface area contributed by atoms with Crippen molar-refractivity contribution in [2.45, 2.75) is 0 Å². The van der Waals surface area contributed by atoms with E-state index in [1.807, 2.05) is 0 Å². The van der Waals surface area contributed by atoms with Crippen LogP contribution in [0.1, 0.15) is 5.56 Å². The van der Waals surface area contributed by atoms with Crippen molar-refractivity contribution in [1.29, 1.82) is 0 Å². The first-order valence-corrected chi connectivity index (χ1v) is 4.56. The lowest BCUT2D eigenvalue weighted by Gasteiger charge is -2.07. The Morgan fingerprint density at radius 2 is 2.25 bits per heavy atom. The van der Waals surface area contributed by atoms with Gasteiger partial charge < -0.3 is 9.47 Å². The topological polar surface area (TPSA) is 61.6 Å². The monoisotopic (exact) mass is 221 g/mol. The lowest BCUT2D eigenvalue weighted by molar-refractivity contribution is -0.384. The van der Waals surface area contributed by atoms with Crippen LogP contribution in [0.15, 0.2) is 18.2 Å². The van der Waals surface area contributed by atoms with Crippen molar-refractivity contribution in [1.82, 2.24) is 0 Å². The van der Waals surface area contributed by atoms with E-state index in [1.54, 1.807) is 7.11 Å². The molecule has 0 saturated carbocycles. The van der Waals surface area contributed by atoms with Crippen LogP contribution in [0.25, 0.3) is 0 Å². The Labute approximate surface area is 93.1 Å². The number of non-ortho nitro benzene ring substituents is 1. The Hall–Kier alpha value is -2.06. The molecule has 0 spiro atoms. The van der Waals surface area contributed by atoms with E-state index in [0.29, 0.717) is 24.5 Å². The van der Waals surface area contributed by atoms with Gasteiger partial charge >= 0.3 is 0 Å². The largest absolute Gasteiger partial charge is 0.490 e. The van der Waals surface area contributed by atoms with Gasteiger partial charge in [0.25, 0.3) is 5.69 Å². The number of nitrogens with zero attached hydrogens (tertiary/aromatic N) is 1. The molecule has 0 aliphatic carbocycles. The Kier molecular flexibility index (Phi) is 4.30. The molecule has 0 saturated heterocycles. The molecule has 0 N–H and O–H groups in total. The quantitative estimate of drug-likeness (QED) is 0.328. The molecule has 0 aliphatic heterocycles. The highest BCUT2D eigenvalue weighted by Crippen LogP contribution is 2.23. The first-order valence-electron chi connectivity index (χ1n) is 4.56. The number of nitro benzene ring substituents is 1. The summed E-state index contributed by atoms with van der Waals surface area (Å²) in [4.78, 5) is 10.0. The summed E-state index contributed by atoms with van der Waals surface area (Å²) in [6.07, 6.45) is 5.24. The van der Waals surface area contributed by atoms with Gasteiger partial charge in [0.15, 0.2) is 0 Å². The molecule has 0 atom stereocenters. The summed E-state index contributed by atoms with van der Waals surface area (Å²) in [5.74, 6) is 2.80. The number of benzene rings is 1. The molecule has 0 amide bonds. The van der Waals surface area contributed by atoms with Crippen LogP contribution in [0.2, 0.25) is 0 Å². The van der Waals surface area contributed by atoms with E-state index in [0.717, 1.165) is 0 Å². The Morgan fingerprint density at radius 3 is 2.81 bits per heavy atom. The third kappa shape index (κ3) is 2.97. The highest BCUT2D eigenvalue weighted by molar-refractivity contribution is 5.51. The van der Waals surface area contributed by atoms with E-state index in [4.69, 9.17) is 15.9 Å². The zero-order chi connectivity index (χ0) is 12.0. The van der Waals surface area contributed by atoms with Gasteiger partial charge in [-0.05, 0) is 6.07 Å². The van der Waals surface area contributed by atoms with E-state index in [-0.39, 0.29) is 5.69 Å². The van der Waals surface area contributed by atoms with Gasteiger partial charge in [-0.25, -0.2) is 0 Å². The van der Waals surface area contributed by atoms with Crippen molar-refractivity contribution in [2.75, 3.05) is 20.3 Å². The Morgan fingerprint density at radius 1 is 1.50 bits per heavy atom. The molecule has 0 aromatic heterocycles. The smallest absolute Gasteiger partial charge is 0.270 e. The molecule has 1 aromatic rings. The molecule has 5 heteroatoms. The Bertz CT molecular complexity index is 422. The number of methoxy groups -OCH3 is 1. The van der Waals surface area contributed by atoms with E-state index < -0.39 is 4.92 Å². The molecular formula is C11H11NO4. The minimum atomic E-state index is -0.500. The number of ether oxygens (including phenoxy) is 2. The van der Waals surface area contributed by atoms with Crippen molar-refractivity contribution in [3.05, 3.63) is 33.9 Å². The maximum Gasteiger partial charge on any atom is 0.270 e. The lowest BCUT2D eigenvalue weighted by atomic mass is 10.2. The van der Waals surface area contributed by atoms with E-state index in [1.165, 1.54) is 18.2 Å². The third-order valence-electron chi connectivity index (χ3n) is 1.87. The predicted molar refractivity (Wildman–Crippen MR) is 58.4 cm³/mol. The Balaban J connectivity index is 2.86. The van der Waals surface area contributed by atoms with Crippen LogP contribution in [-0.4, -0.2) is 25.2 Å². The van der Waals surface area contributed by atoms with Gasteiger partial charge in [-0.15, -0.1) is 6.42 Å². The average Bonchev–Trinajstić information content (AvgIpc) is 2.29. The lowest BCUT2D eigenvalue weighted by Crippen LogP contribution is -2.05. The fourth-order valence-electron chi connectivity index (χ4n) is 1.11. The number of rotatable bonds is 5. The minimum absolute atomic E-state index is 0.0490. The second-order valence-electron chi connectivity index (χ2n) is 2.92. The summed E-state index contributed by atoms with van der Waals surface area (Å²) in [5.41, 5.74) is 0.317. The second-order valence-corrected chi connectivity index (χ2v) is 2.92. The molecule has 1 aromatic carbocycles. The van der Waals surface area contributed by atoms with Gasteiger partial charge in [0.1, 0.15) is 12.4 Å². The van der Waals surface area contributed by atoms with Gasteiger partial charge in [-0.3, -0.25) is 10.1 Å². The number of hydrogen-bond acceptors (Lipinski definition) is 4. The highest BCUT2D eigenvalue weighted by Gasteiger charge is 2.09. The zero-order valence-electron chi connectivity index (χ0n) is 8.80. The van der Waals surface area contributed by atoms with Crippen molar-refractivity contribution >= 4 is 5.69 Å². The van der Waals surface area contributed by atoms with Crippen molar-refractivity contribution in [3.8, 4) is 18.1 Å². The molecule has 0 unspecified atom stereocenters. The first kappa shape index (κ1) is 12.0. The summed E-state index contributed by atoms with van der Waals surface area (Å²) in [5, 5.41) is 10.5. The summed E-state index contributed by atoms with van der Waals surface area (Å²) in [6.45, 7) is 0.782. The number of nitro groups is 1. The number of hydrogen-bond donors (Lipinski definition) is 0. The molecule has 0 bridgehead atoms. The highest BCUT2D eigenvalue weighted by atomic mass is 16.6. The van der Waals surface area contributed by atoms with Crippen LogP contribution in [0.4, 0.5) is 5.69 Å². The van der Waals surface area contributed by atoms with Crippen LogP contribution < -0.4 is 4.74 Å². The standard InChI is InChI=1S/C11H11NO4/c1-3-9-8-10(12(13)14)4-5-11(9)16-7-6-15-2/h1,4-5,8H,6-7H2,2H3. The molecule has 1 rings (SSSR count). The maximum atomic E-state index is 10.5. The summed E-state index contributed by atoms with van der Waals surface area (Å²) in [7, 11) is 1.56. The third-order valence-corrected chi connectivity index (χ3v) is 1.87. The van der Waals surface area contributed by atoms with Crippen LogP contribution >= 0.6 is 0 Å². The second kappa shape index (κ2) is 5.73. The fourth-order valence-corrected chi connectivity index (χ4v) is 1.11. The van der Waals surface area contributed by atoms with Gasteiger partial charge in [-0.1, -0.05) is 5.92 Å². The summed E-state index contributed by atoms with van der Waals surface area (Å²) >= 11 is 0. The van der Waals surface area contributed by atoms with Crippen LogP contribution in [-0.2, 0) is 4.74 Å². The molecule has 84 valence electrons. The summed E-state index contributed by atoms with van der Waals surface area (Å²) in [6, 6.07) is 4.15. The molecule has 5 nitrogen and oxygen atoms in total. The van der Waals surface area contributed by atoms with Crippen molar-refractivity contribution < 1.29 is 14.4 Å². The molecule has 16 heavy (non-hydrogen) atoms.